The van der Waals surface area contributed by atoms with Crippen LogP contribution in [0.15, 0.2) is 40.7 Å². The van der Waals surface area contributed by atoms with Crippen LogP contribution in [0.25, 0.3) is 6.08 Å². The normalized spacial score (nSPS) is 22.5. The number of benzene rings is 1. The molecular formula is C17H16N2O6S2. The average molecular weight is 408 g/mol. The van der Waals surface area contributed by atoms with Gasteiger partial charge in [0, 0.05) is 5.41 Å². The molecule has 0 spiro atoms. The Kier molecular flexibility index (Phi) is 5.38. The molecule has 0 radical (unpaired) electrons. The van der Waals surface area contributed by atoms with Gasteiger partial charge in [0.15, 0.2) is 9.84 Å². The first kappa shape index (κ1) is 19.2. The van der Waals surface area contributed by atoms with Crippen LogP contribution in [0.1, 0.15) is 5.56 Å². The number of ether oxygens (including phenoxy) is 1. The molecule has 0 bridgehead atoms. The van der Waals surface area contributed by atoms with Crippen molar-refractivity contribution in [3.05, 3.63) is 46.2 Å². The lowest BCUT2D eigenvalue weighted by atomic mass is 10.2. The summed E-state index contributed by atoms with van der Waals surface area (Å²) >= 11 is 0.748. The molecule has 1 aromatic rings. The Hall–Kier alpha value is -2.59. The molecule has 142 valence electrons. The quantitative estimate of drug-likeness (QED) is 0.728. The fraction of sp³-hybridized carbons (Fsp3) is 0.235. The highest BCUT2D eigenvalue weighted by molar-refractivity contribution is 8.18. The van der Waals surface area contributed by atoms with Crippen LogP contribution in [0.3, 0.4) is 0 Å². The van der Waals surface area contributed by atoms with Crippen LogP contribution >= 0.6 is 11.8 Å². The highest BCUT2D eigenvalue weighted by Crippen LogP contribution is 2.32. The molecule has 0 unspecified atom stereocenters. The van der Waals surface area contributed by atoms with Crippen LogP contribution in [0, 0.1) is 0 Å². The van der Waals surface area contributed by atoms with E-state index in [0.29, 0.717) is 11.3 Å². The second kappa shape index (κ2) is 7.57. The van der Waals surface area contributed by atoms with E-state index in [4.69, 9.17) is 4.74 Å². The summed E-state index contributed by atoms with van der Waals surface area (Å²) in [4.78, 5) is 37.6. The summed E-state index contributed by atoms with van der Waals surface area (Å²) in [6, 6.07) is 6.29. The predicted molar refractivity (Wildman–Crippen MR) is 101 cm³/mol. The van der Waals surface area contributed by atoms with Gasteiger partial charge in [0.1, 0.15) is 12.3 Å². The minimum absolute atomic E-state index is 0.210. The van der Waals surface area contributed by atoms with E-state index in [1.807, 2.05) is 0 Å². The number of carbonyl (C=O) groups excluding carboxylic acids is 3. The van der Waals surface area contributed by atoms with Crippen LogP contribution < -0.4 is 10.1 Å². The van der Waals surface area contributed by atoms with Crippen LogP contribution in [0.2, 0.25) is 0 Å². The van der Waals surface area contributed by atoms with E-state index < -0.39 is 39.5 Å². The van der Waals surface area contributed by atoms with Gasteiger partial charge in [-0.1, -0.05) is 12.1 Å². The van der Waals surface area contributed by atoms with Crippen molar-refractivity contribution in [1.82, 2.24) is 10.2 Å². The Morgan fingerprint density at radius 1 is 1.33 bits per heavy atom. The number of hydrogen-bond acceptors (Lipinski definition) is 7. The van der Waals surface area contributed by atoms with Gasteiger partial charge in [-0.05, 0) is 41.6 Å². The first-order chi connectivity index (χ1) is 12.8. The summed E-state index contributed by atoms with van der Waals surface area (Å²) < 4.78 is 27.8. The summed E-state index contributed by atoms with van der Waals surface area (Å²) in [5.41, 5.74) is 0.715. The molecule has 0 aromatic heterocycles. The van der Waals surface area contributed by atoms with Gasteiger partial charge in [-0.25, -0.2) is 8.42 Å². The summed E-state index contributed by atoms with van der Waals surface area (Å²) in [5.74, 6) is -0.724. The van der Waals surface area contributed by atoms with Gasteiger partial charge in [0.25, 0.3) is 11.1 Å². The summed E-state index contributed by atoms with van der Waals surface area (Å²) in [6.45, 7) is -0.463. The zero-order valence-corrected chi connectivity index (χ0v) is 15.9. The third kappa shape index (κ3) is 4.58. The number of rotatable bonds is 5. The van der Waals surface area contributed by atoms with Crippen LogP contribution in [-0.2, 0) is 19.4 Å². The maximum absolute atomic E-state index is 12.4. The third-order valence-electron chi connectivity index (χ3n) is 3.87. The van der Waals surface area contributed by atoms with Crippen LogP contribution in [0.5, 0.6) is 5.75 Å². The zero-order chi connectivity index (χ0) is 19.6. The molecule has 0 aliphatic carbocycles. The molecule has 2 aliphatic heterocycles. The molecule has 8 nitrogen and oxygen atoms in total. The van der Waals surface area contributed by atoms with Crippen molar-refractivity contribution in [3.8, 4) is 5.75 Å². The molecule has 1 atom stereocenters. The van der Waals surface area contributed by atoms with Gasteiger partial charge in [0.05, 0.1) is 23.8 Å². The van der Waals surface area contributed by atoms with E-state index in [-0.39, 0.29) is 10.7 Å². The Balaban J connectivity index is 1.64. The fourth-order valence-corrected chi connectivity index (χ4v) is 4.62. The van der Waals surface area contributed by atoms with Crippen molar-refractivity contribution in [2.24, 2.45) is 0 Å². The van der Waals surface area contributed by atoms with Gasteiger partial charge in [0.2, 0.25) is 5.91 Å². The lowest BCUT2D eigenvalue weighted by Gasteiger charge is -2.14. The lowest BCUT2D eigenvalue weighted by molar-refractivity contribution is -0.129. The number of hydrogen-bond donors (Lipinski definition) is 1. The molecule has 27 heavy (non-hydrogen) atoms. The van der Waals surface area contributed by atoms with Crippen LogP contribution in [-0.4, -0.2) is 55.8 Å². The van der Waals surface area contributed by atoms with Gasteiger partial charge >= 0.3 is 0 Å². The van der Waals surface area contributed by atoms with E-state index in [1.54, 1.807) is 37.5 Å². The maximum atomic E-state index is 12.4. The van der Waals surface area contributed by atoms with Gasteiger partial charge < -0.3 is 10.1 Å². The van der Waals surface area contributed by atoms with Crippen molar-refractivity contribution < 1.29 is 27.5 Å². The predicted octanol–water partition coefficient (Wildman–Crippen LogP) is 1.16. The topological polar surface area (TPSA) is 110 Å². The molecular weight excluding hydrogens is 392 g/mol. The van der Waals surface area contributed by atoms with Gasteiger partial charge in [-0.2, -0.15) is 0 Å². The maximum Gasteiger partial charge on any atom is 0.294 e. The summed E-state index contributed by atoms with van der Waals surface area (Å²) in [7, 11) is -1.76. The molecule has 10 heteroatoms. The molecule has 2 heterocycles. The SMILES string of the molecule is COc1ccc(/C=C2\SC(=O)N(CC(=O)N[C@H]3C=CS(=O)(=O)C3)C2=O)cc1. The highest BCUT2D eigenvalue weighted by Gasteiger charge is 2.36. The van der Waals surface area contributed by atoms with E-state index in [0.717, 1.165) is 22.1 Å². The van der Waals surface area contributed by atoms with Crippen molar-refractivity contribution in [2.45, 2.75) is 6.04 Å². The number of nitrogens with zero attached hydrogens (tertiary/aromatic N) is 1. The first-order valence-corrected chi connectivity index (χ1v) is 10.4. The highest BCUT2D eigenvalue weighted by atomic mass is 32.2. The standard InChI is InChI=1S/C17H16N2O6S2/c1-25-13-4-2-11(3-5-13)8-14-16(21)19(17(22)26-14)9-15(20)18-12-6-7-27(23,24)10-12/h2-8,12H,9-10H2,1H3,(H,18,20)/b14-8-/t12-/m0/s1. The van der Waals surface area contributed by atoms with Gasteiger partial charge in [-0.15, -0.1) is 0 Å². The molecule has 1 saturated heterocycles. The van der Waals surface area contributed by atoms with E-state index >= 15 is 0 Å². The number of carbonyl (C=O) groups is 3. The second-order valence-corrected chi connectivity index (χ2v) is 8.80. The Labute approximate surface area is 160 Å². The largest absolute Gasteiger partial charge is 0.497 e. The third-order valence-corrected chi connectivity index (χ3v) is 6.17. The molecule has 1 N–H and O–H groups in total. The minimum atomic E-state index is -3.30. The Morgan fingerprint density at radius 3 is 2.63 bits per heavy atom. The number of amides is 3. The number of thioether (sulfide) groups is 1. The minimum Gasteiger partial charge on any atom is -0.497 e. The number of imide groups is 1. The monoisotopic (exact) mass is 408 g/mol. The van der Waals surface area contributed by atoms with E-state index in [2.05, 4.69) is 5.32 Å². The summed E-state index contributed by atoms with van der Waals surface area (Å²) in [5, 5.41) is 2.97. The van der Waals surface area contributed by atoms with Gasteiger partial charge in [-0.3, -0.25) is 19.3 Å². The molecule has 1 fully saturated rings. The van der Waals surface area contributed by atoms with E-state index in [9.17, 15) is 22.8 Å². The number of sulfone groups is 1. The van der Waals surface area contributed by atoms with Crippen molar-refractivity contribution in [1.29, 1.82) is 0 Å². The van der Waals surface area contributed by atoms with Crippen molar-refractivity contribution in [2.75, 3.05) is 19.4 Å². The lowest BCUT2D eigenvalue weighted by Crippen LogP contribution is -2.43. The Bertz CT molecular complexity index is 950. The number of methoxy groups -OCH3 is 1. The smallest absolute Gasteiger partial charge is 0.294 e. The van der Waals surface area contributed by atoms with Crippen molar-refractivity contribution >= 4 is 44.7 Å². The van der Waals surface area contributed by atoms with E-state index in [1.165, 1.54) is 6.08 Å². The van der Waals surface area contributed by atoms with Crippen LogP contribution in [0.4, 0.5) is 4.79 Å². The fourth-order valence-electron chi connectivity index (χ4n) is 2.55. The number of nitrogens with one attached hydrogen (secondary N) is 1. The Morgan fingerprint density at radius 2 is 2.04 bits per heavy atom. The van der Waals surface area contributed by atoms with Crippen molar-refractivity contribution in [3.63, 3.8) is 0 Å². The zero-order valence-electron chi connectivity index (χ0n) is 14.2. The molecule has 1 aromatic carbocycles. The molecule has 2 aliphatic rings. The second-order valence-electron chi connectivity index (χ2n) is 5.87. The molecule has 0 saturated carbocycles. The molecule has 3 amide bonds. The summed E-state index contributed by atoms with van der Waals surface area (Å²) in [6.07, 6.45) is 2.93. The first-order valence-electron chi connectivity index (χ1n) is 7.87. The average Bonchev–Trinajstić information content (AvgIpc) is 3.09. The molecule has 3 rings (SSSR count).